The Hall–Kier alpha value is -3.80. The molecule has 12 heteroatoms. The van der Waals surface area contributed by atoms with Crippen LogP contribution in [0.4, 0.5) is 15.2 Å². The summed E-state index contributed by atoms with van der Waals surface area (Å²) in [5.41, 5.74) is 4.16. The van der Waals surface area contributed by atoms with Crippen molar-refractivity contribution in [2.75, 3.05) is 36.4 Å². The minimum atomic E-state index is -1.02. The van der Waals surface area contributed by atoms with Gasteiger partial charge >= 0.3 is 0 Å². The van der Waals surface area contributed by atoms with Gasteiger partial charge in [-0.05, 0) is 48.2 Å². The zero-order chi connectivity index (χ0) is 28.1. The van der Waals surface area contributed by atoms with Crippen LogP contribution in [0.1, 0.15) is 39.8 Å². The van der Waals surface area contributed by atoms with Crippen molar-refractivity contribution in [3.05, 3.63) is 81.6 Å². The minimum Gasteiger partial charge on any atom is -0.368 e. The molecule has 1 fully saturated rings. The average Bonchev–Trinajstić information content (AvgIpc) is 3.77. The third-order valence-electron chi connectivity index (χ3n) is 8.03. The molecular weight excluding hydrogens is 565 g/mol. The maximum Gasteiger partial charge on any atom is 0.255 e. The fraction of sp³-hybridized carbons (Fsp3) is 0.310. The van der Waals surface area contributed by atoms with Gasteiger partial charge < -0.3 is 19.7 Å². The molecule has 2 N–H and O–H groups in total. The normalized spacial score (nSPS) is 17.1. The molecule has 5 heterocycles. The number of nitrogens with one attached hydrogen (secondary N) is 2. The summed E-state index contributed by atoms with van der Waals surface area (Å²) in [5, 5.41) is 8.92. The summed E-state index contributed by atoms with van der Waals surface area (Å²) in [6.07, 6.45) is 5.00. The molecule has 210 valence electrons. The quantitative estimate of drug-likeness (QED) is 0.343. The highest BCUT2D eigenvalue weighted by molar-refractivity contribution is 7.13. The smallest absolute Gasteiger partial charge is 0.255 e. The number of anilines is 2. The third kappa shape index (κ3) is 4.67. The Morgan fingerprint density at radius 3 is 2.76 bits per heavy atom. The molecule has 2 amide bonds. The lowest BCUT2D eigenvalue weighted by Gasteiger charge is -2.30. The first-order chi connectivity index (χ1) is 20.0. The van der Waals surface area contributed by atoms with E-state index in [-0.39, 0.29) is 17.7 Å². The van der Waals surface area contributed by atoms with E-state index in [1.807, 2.05) is 22.8 Å². The number of amides is 2. The first kappa shape index (κ1) is 26.1. The molecule has 0 radical (unpaired) electrons. The first-order valence-electron chi connectivity index (χ1n) is 13.6. The average molecular weight is 592 g/mol. The standard InChI is InChI=1S/C29H27ClFN7O2S/c30-21-13-17(3-4-23(21)36-9-5-32-6-10-36)18-12-19-20(22(31)14-18)15-38(28(19)40)26(27(39)35-29-33-7-11-41-29)25-24-2-1-8-37(24)16-34-25/h3-4,7,11-14,16,26,32H,1-2,5-6,8-10,15H2,(H,33,35,39). The number of piperazine rings is 1. The van der Waals surface area contributed by atoms with Crippen LogP contribution in [-0.2, 0) is 24.3 Å². The van der Waals surface area contributed by atoms with Crippen LogP contribution in [0.5, 0.6) is 0 Å². The molecule has 41 heavy (non-hydrogen) atoms. The highest BCUT2D eigenvalue weighted by atomic mass is 35.5. The number of halogens is 2. The maximum atomic E-state index is 15.6. The Balaban J connectivity index is 1.22. The van der Waals surface area contributed by atoms with Crippen LogP contribution in [0.15, 0.2) is 48.2 Å². The summed E-state index contributed by atoms with van der Waals surface area (Å²) in [5.74, 6) is -1.33. The number of rotatable bonds is 6. The van der Waals surface area contributed by atoms with Crippen LogP contribution in [0, 0.1) is 5.82 Å². The largest absolute Gasteiger partial charge is 0.368 e. The lowest BCUT2D eigenvalue weighted by atomic mass is 9.99. The van der Waals surface area contributed by atoms with E-state index < -0.39 is 23.7 Å². The van der Waals surface area contributed by atoms with E-state index in [9.17, 15) is 9.59 Å². The molecule has 0 saturated carbocycles. The van der Waals surface area contributed by atoms with Crippen molar-refractivity contribution >= 4 is 45.6 Å². The number of aryl methyl sites for hydroxylation is 1. The lowest BCUT2D eigenvalue weighted by molar-refractivity contribution is -0.121. The van der Waals surface area contributed by atoms with Crippen molar-refractivity contribution in [3.8, 4) is 11.1 Å². The molecule has 1 atom stereocenters. The van der Waals surface area contributed by atoms with Gasteiger partial charge in [0, 0.05) is 61.1 Å². The van der Waals surface area contributed by atoms with Crippen molar-refractivity contribution in [1.29, 1.82) is 0 Å². The second kappa shape index (κ2) is 10.6. The SMILES string of the molecule is O=C(Nc1nccs1)C(c1ncn2c1CCC2)N1Cc2c(F)cc(-c3ccc(N4CCNCC4)c(Cl)c3)cc2C1=O. The van der Waals surface area contributed by atoms with Gasteiger partial charge in [-0.3, -0.25) is 14.9 Å². The predicted molar refractivity (Wildman–Crippen MR) is 156 cm³/mol. The van der Waals surface area contributed by atoms with E-state index >= 15 is 4.39 Å². The fourth-order valence-corrected chi connectivity index (χ4v) is 6.85. The van der Waals surface area contributed by atoms with Crippen LogP contribution in [0.2, 0.25) is 5.02 Å². The monoisotopic (exact) mass is 591 g/mol. The number of nitrogens with zero attached hydrogens (tertiary/aromatic N) is 5. The fourth-order valence-electron chi connectivity index (χ4n) is 6.01. The third-order valence-corrected chi connectivity index (χ3v) is 9.02. The number of fused-ring (bicyclic) bond motifs is 2. The summed E-state index contributed by atoms with van der Waals surface area (Å²) in [4.78, 5) is 39.9. The van der Waals surface area contributed by atoms with Gasteiger partial charge in [0.1, 0.15) is 5.82 Å². The van der Waals surface area contributed by atoms with E-state index in [0.717, 1.165) is 56.9 Å². The molecule has 4 aromatic rings. The number of imidazole rings is 1. The Morgan fingerprint density at radius 2 is 1.98 bits per heavy atom. The van der Waals surface area contributed by atoms with Gasteiger partial charge in [0.05, 0.1) is 29.3 Å². The number of hydrogen-bond acceptors (Lipinski definition) is 7. The maximum absolute atomic E-state index is 15.6. The predicted octanol–water partition coefficient (Wildman–Crippen LogP) is 4.49. The molecular formula is C29H27ClFN7O2S. The van der Waals surface area contributed by atoms with Gasteiger partial charge in [0.2, 0.25) is 0 Å². The Kier molecular flexibility index (Phi) is 6.72. The Morgan fingerprint density at radius 1 is 1.12 bits per heavy atom. The van der Waals surface area contributed by atoms with E-state index in [4.69, 9.17) is 11.6 Å². The van der Waals surface area contributed by atoms with Gasteiger partial charge in [-0.15, -0.1) is 11.3 Å². The van der Waals surface area contributed by atoms with Crippen LogP contribution < -0.4 is 15.5 Å². The first-order valence-corrected chi connectivity index (χ1v) is 14.9. The number of hydrogen-bond donors (Lipinski definition) is 2. The summed E-state index contributed by atoms with van der Waals surface area (Å²) in [6.45, 7) is 4.26. The Labute approximate surface area is 245 Å². The summed E-state index contributed by atoms with van der Waals surface area (Å²) in [7, 11) is 0. The molecule has 0 aliphatic carbocycles. The summed E-state index contributed by atoms with van der Waals surface area (Å²) in [6, 6.07) is 7.77. The number of thiazole rings is 1. The van der Waals surface area contributed by atoms with Gasteiger partial charge in [-0.1, -0.05) is 17.7 Å². The number of carbonyl (C=O) groups excluding carboxylic acids is 2. The number of carbonyl (C=O) groups is 2. The number of benzene rings is 2. The summed E-state index contributed by atoms with van der Waals surface area (Å²) < 4.78 is 17.6. The summed E-state index contributed by atoms with van der Waals surface area (Å²) >= 11 is 7.96. The van der Waals surface area contributed by atoms with E-state index in [1.165, 1.54) is 22.3 Å². The van der Waals surface area contributed by atoms with Crippen molar-refractivity contribution in [1.82, 2.24) is 24.8 Å². The molecule has 1 unspecified atom stereocenters. The zero-order valence-corrected chi connectivity index (χ0v) is 23.6. The van der Waals surface area contributed by atoms with Crippen molar-refractivity contribution < 1.29 is 14.0 Å². The van der Waals surface area contributed by atoms with E-state index in [1.54, 1.807) is 24.0 Å². The van der Waals surface area contributed by atoms with Crippen LogP contribution >= 0.6 is 22.9 Å². The highest BCUT2D eigenvalue weighted by Gasteiger charge is 2.42. The minimum absolute atomic E-state index is 0.0365. The molecule has 3 aliphatic heterocycles. The molecule has 2 aromatic heterocycles. The van der Waals surface area contributed by atoms with Crippen molar-refractivity contribution in [3.63, 3.8) is 0 Å². The topological polar surface area (TPSA) is 95.4 Å². The van der Waals surface area contributed by atoms with E-state index in [0.29, 0.717) is 27.0 Å². The van der Waals surface area contributed by atoms with Gasteiger partial charge in [0.25, 0.3) is 11.8 Å². The van der Waals surface area contributed by atoms with Crippen molar-refractivity contribution in [2.24, 2.45) is 0 Å². The highest BCUT2D eigenvalue weighted by Crippen LogP contribution is 2.39. The van der Waals surface area contributed by atoms with Crippen molar-refractivity contribution in [2.45, 2.75) is 32.0 Å². The molecule has 0 spiro atoms. The lowest BCUT2D eigenvalue weighted by Crippen LogP contribution is -2.43. The van der Waals surface area contributed by atoms with Gasteiger partial charge in [0.15, 0.2) is 11.2 Å². The molecule has 2 aromatic carbocycles. The molecule has 9 nitrogen and oxygen atoms in total. The van der Waals surface area contributed by atoms with Crippen LogP contribution in [0.3, 0.4) is 0 Å². The van der Waals surface area contributed by atoms with Gasteiger partial charge in [-0.2, -0.15) is 0 Å². The second-order valence-corrected chi connectivity index (χ2v) is 11.7. The second-order valence-electron chi connectivity index (χ2n) is 10.4. The number of aromatic nitrogens is 3. The molecule has 0 bridgehead atoms. The zero-order valence-electron chi connectivity index (χ0n) is 22.1. The van der Waals surface area contributed by atoms with E-state index in [2.05, 4.69) is 25.5 Å². The van der Waals surface area contributed by atoms with Gasteiger partial charge in [-0.25, -0.2) is 14.4 Å². The molecule has 3 aliphatic rings. The molecule has 7 rings (SSSR count). The van der Waals surface area contributed by atoms with Crippen LogP contribution in [0.25, 0.3) is 11.1 Å². The Bertz CT molecular complexity index is 1650. The van der Waals surface area contributed by atoms with Crippen LogP contribution in [-0.4, -0.2) is 57.4 Å². The molecule has 1 saturated heterocycles.